The number of halogens is 2. The van der Waals surface area contributed by atoms with Gasteiger partial charge in [0.05, 0.1) is 12.1 Å². The first-order chi connectivity index (χ1) is 21.0. The van der Waals surface area contributed by atoms with Gasteiger partial charge in [0.1, 0.15) is 33.6 Å². The lowest BCUT2D eigenvalue weighted by Crippen LogP contribution is -2.49. The zero-order chi connectivity index (χ0) is 32.8. The number of hydrogen-bond donors (Lipinski definition) is 1. The lowest BCUT2D eigenvalue weighted by Gasteiger charge is -2.34. The fourth-order valence-corrected chi connectivity index (χ4v) is 5.85. The molecule has 0 aliphatic carbocycles. The number of imidazole rings is 1. The second-order valence-electron chi connectivity index (χ2n) is 13.4. The van der Waals surface area contributed by atoms with E-state index in [-0.39, 0.29) is 40.1 Å². The number of alkyl carbamates (subject to hydrolysis) is 1. The summed E-state index contributed by atoms with van der Waals surface area (Å²) in [6.45, 7) is 11.7. The van der Waals surface area contributed by atoms with Crippen molar-refractivity contribution in [2.75, 3.05) is 18.0 Å². The van der Waals surface area contributed by atoms with Crippen molar-refractivity contribution in [3.05, 3.63) is 68.7 Å². The lowest BCUT2D eigenvalue weighted by molar-refractivity contribution is 0.00668. The largest absolute Gasteiger partial charge is 0.456 e. The zero-order valence-electron chi connectivity index (χ0n) is 26.7. The summed E-state index contributed by atoms with van der Waals surface area (Å²) in [5.41, 5.74) is -0.741. The molecule has 4 aromatic rings. The summed E-state index contributed by atoms with van der Waals surface area (Å²) in [5, 5.41) is 3.64. The van der Waals surface area contributed by atoms with Crippen LogP contribution in [0.2, 0.25) is 5.02 Å². The number of carbonyl (C=O) groups excluding carboxylic acids is 2. The van der Waals surface area contributed by atoms with Crippen LogP contribution in [0.5, 0.6) is 0 Å². The van der Waals surface area contributed by atoms with E-state index in [0.29, 0.717) is 29.6 Å². The number of nitrogens with zero attached hydrogens (tertiary/aromatic N) is 4. The quantitative estimate of drug-likeness (QED) is 0.260. The molecule has 5 rings (SSSR count). The second kappa shape index (κ2) is 12.0. The SMILES string of the molecule is Cn1c(=O)c2c(nc(N3CCC[C@@H](NC(=O)OC(C)(C)C)C3)n2Cc2ccccc2Cl)c2c(C(=O)OC(C)(C)C)c(F)ccc21. The van der Waals surface area contributed by atoms with Crippen molar-refractivity contribution in [1.29, 1.82) is 0 Å². The van der Waals surface area contributed by atoms with Crippen LogP contribution in [-0.4, -0.2) is 56.5 Å². The van der Waals surface area contributed by atoms with Gasteiger partial charge in [-0.1, -0.05) is 29.8 Å². The molecule has 1 N–H and O–H groups in total. The van der Waals surface area contributed by atoms with Gasteiger partial charge in [-0.3, -0.25) is 4.79 Å². The first-order valence-electron chi connectivity index (χ1n) is 15.0. The molecule has 3 heterocycles. The summed E-state index contributed by atoms with van der Waals surface area (Å²) in [4.78, 5) is 47.0. The monoisotopic (exact) mass is 639 g/mol. The van der Waals surface area contributed by atoms with Crippen molar-refractivity contribution in [3.63, 3.8) is 0 Å². The maximum atomic E-state index is 15.6. The molecular weight excluding hydrogens is 601 g/mol. The molecule has 12 heteroatoms. The van der Waals surface area contributed by atoms with Crippen molar-refractivity contribution in [3.8, 4) is 0 Å². The topological polar surface area (TPSA) is 108 Å². The van der Waals surface area contributed by atoms with E-state index in [1.807, 2.05) is 23.1 Å². The molecule has 240 valence electrons. The number of aryl methyl sites for hydroxylation is 1. The molecule has 0 saturated carbocycles. The van der Waals surface area contributed by atoms with Gasteiger partial charge in [0.15, 0.2) is 0 Å². The van der Waals surface area contributed by atoms with Crippen LogP contribution < -0.4 is 15.8 Å². The zero-order valence-corrected chi connectivity index (χ0v) is 27.4. The minimum atomic E-state index is -0.885. The Labute approximate surface area is 266 Å². The van der Waals surface area contributed by atoms with Gasteiger partial charge >= 0.3 is 12.1 Å². The Morgan fingerprint density at radius 2 is 1.76 bits per heavy atom. The van der Waals surface area contributed by atoms with Crippen LogP contribution in [-0.2, 0) is 23.1 Å². The smallest absolute Gasteiger partial charge is 0.407 e. The van der Waals surface area contributed by atoms with Gasteiger partial charge in [0.2, 0.25) is 5.95 Å². The standard InChI is InChI=1S/C33H39ClFN5O5/c1-32(2,3)44-29(42)24-22(35)14-15-23-25(24)26-27(28(41)38(23)7)40(17-19-11-8-9-13-21(19)34)30(37-26)39-16-10-12-20(18-39)36-31(43)45-33(4,5)6/h8-9,11,13-15,20H,10,12,16-18H2,1-7H3,(H,36,43)/t20-/m1/s1. The number of fused-ring (bicyclic) bond motifs is 3. The molecule has 0 spiro atoms. The van der Waals surface area contributed by atoms with E-state index < -0.39 is 29.1 Å². The molecule has 45 heavy (non-hydrogen) atoms. The van der Waals surface area contributed by atoms with Crippen molar-refractivity contribution in [2.24, 2.45) is 7.05 Å². The third kappa shape index (κ3) is 6.78. The van der Waals surface area contributed by atoms with Gasteiger partial charge in [-0.2, -0.15) is 0 Å². The summed E-state index contributed by atoms with van der Waals surface area (Å²) >= 11 is 6.58. The number of aromatic nitrogens is 3. The third-order valence-electron chi connectivity index (χ3n) is 7.50. The second-order valence-corrected chi connectivity index (χ2v) is 13.8. The number of rotatable bonds is 5. The number of piperidine rings is 1. The summed E-state index contributed by atoms with van der Waals surface area (Å²) < 4.78 is 29.8. The van der Waals surface area contributed by atoms with E-state index in [9.17, 15) is 14.4 Å². The van der Waals surface area contributed by atoms with Crippen molar-refractivity contribution in [2.45, 2.75) is 78.2 Å². The number of hydrogen-bond acceptors (Lipinski definition) is 7. The molecule has 2 aromatic heterocycles. The number of nitrogens with one attached hydrogen (secondary N) is 1. The van der Waals surface area contributed by atoms with Crippen molar-refractivity contribution >= 4 is 51.5 Å². The molecule has 0 unspecified atom stereocenters. The molecule has 1 fully saturated rings. The van der Waals surface area contributed by atoms with Crippen molar-refractivity contribution < 1.29 is 23.5 Å². The Balaban J connectivity index is 1.72. The number of amides is 1. The summed E-state index contributed by atoms with van der Waals surface area (Å²) in [5.74, 6) is -1.20. The molecule has 0 bridgehead atoms. The third-order valence-corrected chi connectivity index (χ3v) is 7.87. The number of esters is 1. The number of carbonyl (C=O) groups is 2. The molecular formula is C33H39ClFN5O5. The van der Waals surface area contributed by atoms with Gasteiger partial charge in [0, 0.05) is 36.6 Å². The highest BCUT2D eigenvalue weighted by Gasteiger charge is 2.31. The van der Waals surface area contributed by atoms with Crippen LogP contribution in [0.15, 0.2) is 41.2 Å². The maximum Gasteiger partial charge on any atom is 0.407 e. The average Bonchev–Trinajstić information content (AvgIpc) is 3.30. The molecule has 1 atom stereocenters. The molecule has 1 saturated heterocycles. The highest BCUT2D eigenvalue weighted by molar-refractivity contribution is 6.31. The van der Waals surface area contributed by atoms with Gasteiger partial charge in [-0.05, 0) is 78.1 Å². The lowest BCUT2D eigenvalue weighted by atomic mass is 10.1. The molecule has 1 aliphatic rings. The first-order valence-corrected chi connectivity index (χ1v) is 15.3. The Hall–Kier alpha value is -4.12. The van der Waals surface area contributed by atoms with Gasteiger partial charge in [-0.25, -0.2) is 19.0 Å². The minimum Gasteiger partial charge on any atom is -0.456 e. The molecule has 10 nitrogen and oxygen atoms in total. The van der Waals surface area contributed by atoms with Crippen LogP contribution in [0.3, 0.4) is 0 Å². The number of ether oxygens (including phenoxy) is 2. The Bertz CT molecular complexity index is 1850. The fourth-order valence-electron chi connectivity index (χ4n) is 5.65. The van der Waals surface area contributed by atoms with E-state index in [1.165, 1.54) is 10.6 Å². The predicted molar refractivity (Wildman–Crippen MR) is 173 cm³/mol. The van der Waals surface area contributed by atoms with E-state index in [1.54, 1.807) is 59.2 Å². The van der Waals surface area contributed by atoms with Crippen LogP contribution in [0, 0.1) is 5.82 Å². The first kappa shape index (κ1) is 32.3. The molecule has 1 amide bonds. The van der Waals surface area contributed by atoms with E-state index >= 15 is 4.39 Å². The maximum absolute atomic E-state index is 15.6. The van der Waals surface area contributed by atoms with Crippen LogP contribution >= 0.6 is 11.6 Å². The summed E-state index contributed by atoms with van der Waals surface area (Å²) in [7, 11) is 1.58. The van der Waals surface area contributed by atoms with Crippen LogP contribution in [0.1, 0.15) is 70.3 Å². The Morgan fingerprint density at radius 1 is 1.07 bits per heavy atom. The van der Waals surface area contributed by atoms with E-state index in [4.69, 9.17) is 26.1 Å². The van der Waals surface area contributed by atoms with E-state index in [0.717, 1.165) is 24.5 Å². The highest BCUT2D eigenvalue weighted by atomic mass is 35.5. The number of benzene rings is 2. The summed E-state index contributed by atoms with van der Waals surface area (Å²) in [6, 6.07) is 9.67. The van der Waals surface area contributed by atoms with Crippen LogP contribution in [0.4, 0.5) is 15.1 Å². The molecule has 1 aliphatic heterocycles. The number of pyridine rings is 1. The van der Waals surface area contributed by atoms with Gasteiger partial charge in [0.25, 0.3) is 5.56 Å². The Kier molecular flexibility index (Phi) is 8.61. The van der Waals surface area contributed by atoms with Crippen molar-refractivity contribution in [1.82, 2.24) is 19.4 Å². The highest BCUT2D eigenvalue weighted by Crippen LogP contribution is 2.34. The fraction of sp³-hybridized carbons (Fsp3) is 0.455. The normalized spacial score (nSPS) is 15.8. The molecule has 0 radical (unpaired) electrons. The minimum absolute atomic E-state index is 0.178. The van der Waals surface area contributed by atoms with Gasteiger partial charge in [-0.15, -0.1) is 0 Å². The van der Waals surface area contributed by atoms with Gasteiger partial charge < -0.3 is 28.8 Å². The average molecular weight is 640 g/mol. The van der Waals surface area contributed by atoms with Crippen LogP contribution in [0.25, 0.3) is 21.9 Å². The van der Waals surface area contributed by atoms with E-state index in [2.05, 4.69) is 5.32 Å². The predicted octanol–water partition coefficient (Wildman–Crippen LogP) is 6.18. The molecule has 2 aromatic carbocycles. The number of anilines is 1. The Morgan fingerprint density at radius 3 is 2.42 bits per heavy atom. The summed E-state index contributed by atoms with van der Waals surface area (Å²) in [6.07, 6.45) is 0.933.